The predicted molar refractivity (Wildman–Crippen MR) is 77.0 cm³/mol. The monoisotopic (exact) mass is 292 g/mol. The average molecular weight is 293 g/mol. The number of carboxylic acids is 1. The number of nitrogens with zero attached hydrogens (tertiary/aromatic N) is 2. The zero-order valence-electron chi connectivity index (χ0n) is 11.0. The van der Waals surface area contributed by atoms with E-state index in [4.69, 9.17) is 21.4 Å². The maximum absolute atomic E-state index is 11.1. The number of rotatable bonds is 4. The van der Waals surface area contributed by atoms with Gasteiger partial charge in [0, 0.05) is 25.8 Å². The van der Waals surface area contributed by atoms with Gasteiger partial charge < -0.3 is 14.7 Å². The molecule has 20 heavy (non-hydrogen) atoms. The van der Waals surface area contributed by atoms with E-state index in [-0.39, 0.29) is 16.6 Å². The molecule has 0 aliphatic carbocycles. The molecule has 2 rings (SSSR count). The Kier molecular flexibility index (Phi) is 4.10. The number of ether oxygens (including phenoxy) is 1. The summed E-state index contributed by atoms with van der Waals surface area (Å²) in [5.74, 6) is -0.651. The Balaban J connectivity index is 2.36. The van der Waals surface area contributed by atoms with Crippen molar-refractivity contribution < 1.29 is 14.6 Å². The molecule has 1 aromatic carbocycles. The van der Waals surface area contributed by atoms with Crippen LogP contribution in [0, 0.1) is 0 Å². The Labute approximate surface area is 121 Å². The molecule has 1 aromatic heterocycles. The smallest absolute Gasteiger partial charge is 0.341 e. The van der Waals surface area contributed by atoms with Crippen molar-refractivity contribution in [2.24, 2.45) is 0 Å². The second-order valence-corrected chi connectivity index (χ2v) is 4.67. The quantitative estimate of drug-likeness (QED) is 0.876. The van der Waals surface area contributed by atoms with Gasteiger partial charge in [0.05, 0.1) is 0 Å². The zero-order chi connectivity index (χ0) is 14.7. The van der Waals surface area contributed by atoms with Crippen molar-refractivity contribution >= 4 is 23.3 Å². The van der Waals surface area contributed by atoms with E-state index in [1.807, 2.05) is 31.1 Å². The molecular formula is C14H13ClN2O3. The van der Waals surface area contributed by atoms with Gasteiger partial charge in [-0.2, -0.15) is 0 Å². The van der Waals surface area contributed by atoms with E-state index >= 15 is 0 Å². The van der Waals surface area contributed by atoms with Crippen LogP contribution in [0.2, 0.25) is 5.15 Å². The largest absolute Gasteiger partial charge is 0.477 e. The number of halogens is 1. The van der Waals surface area contributed by atoms with Gasteiger partial charge in [-0.1, -0.05) is 17.7 Å². The summed E-state index contributed by atoms with van der Waals surface area (Å²) in [4.78, 5) is 17.0. The molecule has 1 heterocycles. The summed E-state index contributed by atoms with van der Waals surface area (Å²) in [6.45, 7) is 0. The summed E-state index contributed by atoms with van der Waals surface area (Å²) in [6, 6.07) is 10.0. The topological polar surface area (TPSA) is 62.7 Å². The van der Waals surface area contributed by atoms with Crippen LogP contribution in [0.5, 0.6) is 11.6 Å². The van der Waals surface area contributed by atoms with Crippen molar-refractivity contribution in [3.8, 4) is 11.6 Å². The molecule has 0 amide bonds. The molecule has 0 saturated heterocycles. The van der Waals surface area contributed by atoms with Crippen molar-refractivity contribution in [2.45, 2.75) is 0 Å². The van der Waals surface area contributed by atoms with E-state index in [1.165, 1.54) is 12.1 Å². The molecule has 0 radical (unpaired) electrons. The van der Waals surface area contributed by atoms with Crippen LogP contribution in [0.1, 0.15) is 10.4 Å². The summed E-state index contributed by atoms with van der Waals surface area (Å²) in [6.07, 6.45) is 0. The fourth-order valence-electron chi connectivity index (χ4n) is 1.60. The van der Waals surface area contributed by atoms with Gasteiger partial charge in [0.15, 0.2) is 0 Å². The number of hydrogen-bond acceptors (Lipinski definition) is 4. The lowest BCUT2D eigenvalue weighted by atomic mass is 10.2. The maximum Gasteiger partial charge on any atom is 0.341 e. The standard InChI is InChI=1S/C14H13ClN2O3/c1-17(2)9-4-3-5-10(8-9)20-13-11(14(18)19)6-7-12(15)16-13/h3-8H,1-2H3,(H,18,19). The number of carboxylic acid groups (broad SMARTS) is 1. The molecule has 104 valence electrons. The normalized spacial score (nSPS) is 10.2. The number of carbonyl (C=O) groups is 1. The molecule has 2 aromatic rings. The van der Waals surface area contributed by atoms with Crippen molar-refractivity contribution in [1.82, 2.24) is 4.98 Å². The minimum absolute atomic E-state index is 0.0269. The molecule has 0 unspecified atom stereocenters. The Morgan fingerprint density at radius 3 is 2.70 bits per heavy atom. The van der Waals surface area contributed by atoms with E-state index in [2.05, 4.69) is 4.98 Å². The summed E-state index contributed by atoms with van der Waals surface area (Å²) in [7, 11) is 3.80. The van der Waals surface area contributed by atoms with Crippen LogP contribution >= 0.6 is 11.6 Å². The third-order valence-corrected chi connectivity index (χ3v) is 2.82. The highest BCUT2D eigenvalue weighted by Crippen LogP contribution is 2.27. The van der Waals surface area contributed by atoms with Gasteiger partial charge in [-0.15, -0.1) is 0 Å². The molecular weight excluding hydrogens is 280 g/mol. The van der Waals surface area contributed by atoms with Gasteiger partial charge in [0.2, 0.25) is 5.88 Å². The van der Waals surface area contributed by atoms with E-state index in [0.29, 0.717) is 5.75 Å². The number of hydrogen-bond donors (Lipinski definition) is 1. The van der Waals surface area contributed by atoms with Crippen LogP contribution in [-0.4, -0.2) is 30.2 Å². The lowest BCUT2D eigenvalue weighted by Crippen LogP contribution is -2.08. The van der Waals surface area contributed by atoms with Crippen LogP contribution in [0.3, 0.4) is 0 Å². The first-order valence-corrected chi connectivity index (χ1v) is 6.20. The molecule has 0 bridgehead atoms. The van der Waals surface area contributed by atoms with Crippen LogP contribution in [0.15, 0.2) is 36.4 Å². The Bertz CT molecular complexity index is 644. The van der Waals surface area contributed by atoms with Crippen molar-refractivity contribution in [2.75, 3.05) is 19.0 Å². The molecule has 0 saturated carbocycles. The van der Waals surface area contributed by atoms with Gasteiger partial charge in [-0.3, -0.25) is 0 Å². The van der Waals surface area contributed by atoms with E-state index < -0.39 is 5.97 Å². The van der Waals surface area contributed by atoms with Gasteiger partial charge in [0.25, 0.3) is 0 Å². The average Bonchev–Trinajstić information content (AvgIpc) is 2.38. The first kappa shape index (κ1) is 14.1. The number of benzene rings is 1. The minimum Gasteiger partial charge on any atom is -0.477 e. The van der Waals surface area contributed by atoms with Gasteiger partial charge in [-0.25, -0.2) is 9.78 Å². The first-order valence-electron chi connectivity index (χ1n) is 5.82. The highest BCUT2D eigenvalue weighted by molar-refractivity contribution is 6.29. The van der Waals surface area contributed by atoms with Crippen LogP contribution < -0.4 is 9.64 Å². The van der Waals surface area contributed by atoms with Crippen molar-refractivity contribution in [3.05, 3.63) is 47.1 Å². The first-order chi connectivity index (χ1) is 9.47. The highest BCUT2D eigenvalue weighted by Gasteiger charge is 2.14. The number of aromatic carboxylic acids is 1. The fraction of sp³-hybridized carbons (Fsp3) is 0.143. The second-order valence-electron chi connectivity index (χ2n) is 4.29. The SMILES string of the molecule is CN(C)c1cccc(Oc2nc(Cl)ccc2C(=O)O)c1. The fourth-order valence-corrected chi connectivity index (χ4v) is 1.74. The Hall–Kier alpha value is -2.27. The third kappa shape index (κ3) is 3.19. The van der Waals surface area contributed by atoms with E-state index in [9.17, 15) is 4.79 Å². The summed E-state index contributed by atoms with van der Waals surface area (Å²) in [5, 5.41) is 9.28. The van der Waals surface area contributed by atoms with Crippen LogP contribution in [0.4, 0.5) is 5.69 Å². The number of anilines is 1. The van der Waals surface area contributed by atoms with Crippen molar-refractivity contribution in [3.63, 3.8) is 0 Å². The molecule has 0 fully saturated rings. The van der Waals surface area contributed by atoms with E-state index in [1.54, 1.807) is 12.1 Å². The number of aromatic nitrogens is 1. The third-order valence-electron chi connectivity index (χ3n) is 2.61. The zero-order valence-corrected chi connectivity index (χ0v) is 11.8. The lowest BCUT2D eigenvalue weighted by molar-refractivity contribution is 0.0693. The highest BCUT2D eigenvalue weighted by atomic mass is 35.5. The maximum atomic E-state index is 11.1. The van der Waals surface area contributed by atoms with Crippen LogP contribution in [0.25, 0.3) is 0 Å². The van der Waals surface area contributed by atoms with Crippen LogP contribution in [-0.2, 0) is 0 Å². The molecule has 5 nitrogen and oxygen atoms in total. The molecule has 0 atom stereocenters. The predicted octanol–water partition coefficient (Wildman–Crippen LogP) is 3.29. The summed E-state index contributed by atoms with van der Waals surface area (Å²) < 4.78 is 5.54. The molecule has 0 aliphatic heterocycles. The van der Waals surface area contributed by atoms with E-state index in [0.717, 1.165) is 5.69 Å². The molecule has 1 N–H and O–H groups in total. The van der Waals surface area contributed by atoms with Gasteiger partial charge in [0.1, 0.15) is 16.5 Å². The Morgan fingerprint density at radius 1 is 1.30 bits per heavy atom. The molecule has 0 spiro atoms. The minimum atomic E-state index is -1.12. The lowest BCUT2D eigenvalue weighted by Gasteiger charge is -2.14. The Morgan fingerprint density at radius 2 is 2.05 bits per heavy atom. The number of pyridine rings is 1. The molecule has 0 aliphatic rings. The van der Waals surface area contributed by atoms with Crippen molar-refractivity contribution in [1.29, 1.82) is 0 Å². The molecule has 6 heteroatoms. The van der Waals surface area contributed by atoms with Gasteiger partial charge >= 0.3 is 5.97 Å². The summed E-state index contributed by atoms with van der Waals surface area (Å²) >= 11 is 5.78. The summed E-state index contributed by atoms with van der Waals surface area (Å²) in [5.41, 5.74) is 0.894. The second kappa shape index (κ2) is 5.79. The van der Waals surface area contributed by atoms with Gasteiger partial charge in [-0.05, 0) is 24.3 Å².